The van der Waals surface area contributed by atoms with Crippen LogP contribution in [0.3, 0.4) is 0 Å². The number of imidazole rings is 1. The molecule has 0 spiro atoms. The number of carbonyl (C=O) groups is 1. The molecule has 0 bridgehead atoms. The van der Waals surface area contributed by atoms with Crippen molar-refractivity contribution in [3.05, 3.63) is 33.8 Å². The van der Waals surface area contributed by atoms with Crippen LogP contribution in [-0.2, 0) is 13.6 Å². The lowest BCUT2D eigenvalue weighted by molar-refractivity contribution is 0.0901. The molecule has 6 nitrogen and oxygen atoms in total. The van der Waals surface area contributed by atoms with E-state index >= 15 is 0 Å². The predicted octanol–water partition coefficient (Wildman–Crippen LogP) is 1.89. The number of rotatable bonds is 4. The molecule has 7 heteroatoms. The standard InChI is InChI=1S/C16H23N5OS/c1-11-15(23-12(2)18-11)9-21-6-4-13(5-7-21)19-16(22)14-8-17-10-20(14)3/h8,10,13H,4-7,9H2,1-3H3,(H,19,22). The maximum absolute atomic E-state index is 12.2. The molecule has 2 aromatic heterocycles. The van der Waals surface area contributed by atoms with Crippen molar-refractivity contribution in [1.82, 2.24) is 24.8 Å². The molecule has 0 saturated carbocycles. The van der Waals surface area contributed by atoms with Gasteiger partial charge in [0.1, 0.15) is 5.69 Å². The number of nitrogens with one attached hydrogen (secondary N) is 1. The van der Waals surface area contributed by atoms with Gasteiger partial charge in [-0.1, -0.05) is 0 Å². The van der Waals surface area contributed by atoms with Crippen molar-refractivity contribution in [2.75, 3.05) is 13.1 Å². The largest absolute Gasteiger partial charge is 0.348 e. The molecule has 1 aliphatic heterocycles. The third-order valence-electron chi connectivity index (χ3n) is 4.34. The lowest BCUT2D eigenvalue weighted by atomic mass is 10.0. The second-order valence-electron chi connectivity index (χ2n) is 6.16. The Labute approximate surface area is 140 Å². The zero-order valence-electron chi connectivity index (χ0n) is 13.9. The van der Waals surface area contributed by atoms with Crippen LogP contribution < -0.4 is 5.32 Å². The average molecular weight is 333 g/mol. The van der Waals surface area contributed by atoms with Gasteiger partial charge in [0.15, 0.2) is 0 Å². The fourth-order valence-corrected chi connectivity index (χ4v) is 3.97. The van der Waals surface area contributed by atoms with Gasteiger partial charge in [0.05, 0.1) is 23.2 Å². The molecular weight excluding hydrogens is 310 g/mol. The minimum atomic E-state index is -0.0302. The summed E-state index contributed by atoms with van der Waals surface area (Å²) in [5.74, 6) is -0.0302. The van der Waals surface area contributed by atoms with E-state index in [4.69, 9.17) is 0 Å². The van der Waals surface area contributed by atoms with Gasteiger partial charge in [0.25, 0.3) is 5.91 Å². The second kappa shape index (κ2) is 6.80. The highest BCUT2D eigenvalue weighted by atomic mass is 32.1. The van der Waals surface area contributed by atoms with E-state index in [1.165, 1.54) is 4.88 Å². The van der Waals surface area contributed by atoms with Crippen molar-refractivity contribution in [3.8, 4) is 0 Å². The van der Waals surface area contributed by atoms with Crippen LogP contribution in [0.1, 0.15) is 38.9 Å². The number of likely N-dealkylation sites (tertiary alicyclic amines) is 1. The summed E-state index contributed by atoms with van der Waals surface area (Å²) < 4.78 is 1.75. The molecule has 3 rings (SSSR count). The molecule has 1 amide bonds. The van der Waals surface area contributed by atoms with Crippen molar-refractivity contribution in [2.24, 2.45) is 7.05 Å². The normalized spacial score (nSPS) is 16.7. The Morgan fingerprint density at radius 3 is 2.70 bits per heavy atom. The highest BCUT2D eigenvalue weighted by Gasteiger charge is 2.23. The van der Waals surface area contributed by atoms with Gasteiger partial charge in [0.2, 0.25) is 0 Å². The molecule has 2 aromatic rings. The van der Waals surface area contributed by atoms with Crippen molar-refractivity contribution in [2.45, 2.75) is 39.3 Å². The fourth-order valence-electron chi connectivity index (χ4n) is 2.99. The zero-order chi connectivity index (χ0) is 16.4. The summed E-state index contributed by atoms with van der Waals surface area (Å²) in [4.78, 5) is 24.5. The van der Waals surface area contributed by atoms with Gasteiger partial charge in [-0.25, -0.2) is 9.97 Å². The minimum Gasteiger partial charge on any atom is -0.348 e. The molecular formula is C16H23N5OS. The molecule has 0 unspecified atom stereocenters. The number of nitrogens with zero attached hydrogens (tertiary/aromatic N) is 4. The zero-order valence-corrected chi connectivity index (χ0v) is 14.7. The van der Waals surface area contributed by atoms with Crippen molar-refractivity contribution < 1.29 is 4.79 Å². The molecule has 3 heterocycles. The highest BCUT2D eigenvalue weighted by Crippen LogP contribution is 2.21. The van der Waals surface area contributed by atoms with Gasteiger partial charge in [0, 0.05) is 37.6 Å². The number of carbonyl (C=O) groups excluding carboxylic acids is 1. The van der Waals surface area contributed by atoms with Crippen LogP contribution >= 0.6 is 11.3 Å². The molecule has 0 atom stereocenters. The van der Waals surface area contributed by atoms with Crippen LogP contribution in [0.15, 0.2) is 12.5 Å². The van der Waals surface area contributed by atoms with E-state index in [0.717, 1.165) is 43.2 Å². The number of thiazole rings is 1. The first-order chi connectivity index (χ1) is 11.0. The number of hydrogen-bond acceptors (Lipinski definition) is 5. The van der Waals surface area contributed by atoms with E-state index in [-0.39, 0.29) is 11.9 Å². The SMILES string of the molecule is Cc1nc(C)c(CN2CCC(NC(=O)c3cncn3C)CC2)s1. The molecule has 1 fully saturated rings. The number of hydrogen-bond donors (Lipinski definition) is 1. The summed E-state index contributed by atoms with van der Waals surface area (Å²) in [6, 6.07) is 0.248. The molecule has 124 valence electrons. The first kappa shape index (κ1) is 16.1. The van der Waals surface area contributed by atoms with E-state index in [0.29, 0.717) is 5.69 Å². The summed E-state index contributed by atoms with van der Waals surface area (Å²) >= 11 is 1.79. The number of aromatic nitrogens is 3. The van der Waals surface area contributed by atoms with Crippen molar-refractivity contribution in [1.29, 1.82) is 0 Å². The molecule has 0 radical (unpaired) electrons. The highest BCUT2D eigenvalue weighted by molar-refractivity contribution is 7.11. The van der Waals surface area contributed by atoms with E-state index in [2.05, 4.69) is 34.0 Å². The van der Waals surface area contributed by atoms with Crippen LogP contribution in [0.25, 0.3) is 0 Å². The van der Waals surface area contributed by atoms with E-state index in [9.17, 15) is 4.79 Å². The Morgan fingerprint density at radius 1 is 1.39 bits per heavy atom. The lowest BCUT2D eigenvalue weighted by Crippen LogP contribution is -2.44. The molecule has 23 heavy (non-hydrogen) atoms. The van der Waals surface area contributed by atoms with Crippen LogP contribution in [0, 0.1) is 13.8 Å². The summed E-state index contributed by atoms with van der Waals surface area (Å²) in [6.45, 7) is 7.13. The van der Waals surface area contributed by atoms with Gasteiger partial charge >= 0.3 is 0 Å². The second-order valence-corrected chi connectivity index (χ2v) is 7.44. The fraction of sp³-hybridized carbons (Fsp3) is 0.562. The van der Waals surface area contributed by atoms with Gasteiger partial charge < -0.3 is 9.88 Å². The Balaban J connectivity index is 1.50. The third kappa shape index (κ3) is 3.79. The first-order valence-electron chi connectivity index (χ1n) is 7.95. The molecule has 1 saturated heterocycles. The van der Waals surface area contributed by atoms with E-state index in [1.807, 2.05) is 7.05 Å². The minimum absolute atomic E-state index is 0.0302. The summed E-state index contributed by atoms with van der Waals surface area (Å²) in [5.41, 5.74) is 1.77. The van der Waals surface area contributed by atoms with E-state index in [1.54, 1.807) is 28.4 Å². The summed E-state index contributed by atoms with van der Waals surface area (Å²) in [6.07, 6.45) is 5.23. The molecule has 0 aliphatic carbocycles. The Morgan fingerprint density at radius 2 is 2.13 bits per heavy atom. The van der Waals surface area contributed by atoms with E-state index < -0.39 is 0 Å². The number of piperidine rings is 1. The molecule has 0 aromatic carbocycles. The van der Waals surface area contributed by atoms with Crippen LogP contribution in [0.2, 0.25) is 0 Å². The van der Waals surface area contributed by atoms with Crippen LogP contribution in [0.4, 0.5) is 0 Å². The predicted molar refractivity (Wildman–Crippen MR) is 90.6 cm³/mol. The van der Waals surface area contributed by atoms with Crippen molar-refractivity contribution in [3.63, 3.8) is 0 Å². The smallest absolute Gasteiger partial charge is 0.269 e. The van der Waals surface area contributed by atoms with Gasteiger partial charge in [-0.15, -0.1) is 11.3 Å². The average Bonchev–Trinajstić information content (AvgIpc) is 3.07. The van der Waals surface area contributed by atoms with Gasteiger partial charge in [-0.2, -0.15) is 0 Å². The van der Waals surface area contributed by atoms with Crippen LogP contribution in [-0.4, -0.2) is 44.5 Å². The number of amides is 1. The van der Waals surface area contributed by atoms with Crippen LogP contribution in [0.5, 0.6) is 0 Å². The Bertz CT molecular complexity index is 684. The lowest BCUT2D eigenvalue weighted by Gasteiger charge is -2.32. The number of aryl methyl sites for hydroxylation is 3. The molecule has 1 N–H and O–H groups in total. The van der Waals surface area contributed by atoms with Crippen molar-refractivity contribution >= 4 is 17.2 Å². The maximum atomic E-state index is 12.2. The maximum Gasteiger partial charge on any atom is 0.269 e. The monoisotopic (exact) mass is 333 g/mol. The summed E-state index contributed by atoms with van der Waals surface area (Å²) in [7, 11) is 1.84. The topological polar surface area (TPSA) is 63.1 Å². The molecule has 1 aliphatic rings. The first-order valence-corrected chi connectivity index (χ1v) is 8.77. The summed E-state index contributed by atoms with van der Waals surface area (Å²) in [5, 5.41) is 4.26. The Hall–Kier alpha value is -1.73. The quantitative estimate of drug-likeness (QED) is 0.928. The van der Waals surface area contributed by atoms with Gasteiger partial charge in [-0.3, -0.25) is 9.69 Å². The Kier molecular flexibility index (Phi) is 4.77. The van der Waals surface area contributed by atoms with Gasteiger partial charge in [-0.05, 0) is 26.7 Å². The third-order valence-corrected chi connectivity index (χ3v) is 5.40.